The molecule has 0 amide bonds. The summed E-state index contributed by atoms with van der Waals surface area (Å²) in [6.07, 6.45) is 5.62. The van der Waals surface area contributed by atoms with Crippen LogP contribution in [0.25, 0.3) is 0 Å². The summed E-state index contributed by atoms with van der Waals surface area (Å²) >= 11 is 0. The molecule has 21 heavy (non-hydrogen) atoms. The van der Waals surface area contributed by atoms with Crippen molar-refractivity contribution < 1.29 is 0 Å². The Kier molecular flexibility index (Phi) is 3.71. The van der Waals surface area contributed by atoms with Gasteiger partial charge < -0.3 is 5.32 Å². The highest BCUT2D eigenvalue weighted by atomic mass is 15.0. The van der Waals surface area contributed by atoms with Gasteiger partial charge in [-0.25, -0.2) is 4.98 Å². The number of aromatic nitrogens is 1. The fourth-order valence-electron chi connectivity index (χ4n) is 3.01. The van der Waals surface area contributed by atoms with Gasteiger partial charge in [-0.05, 0) is 47.4 Å². The molecular weight excluding hydrogens is 256 g/mol. The van der Waals surface area contributed by atoms with Crippen molar-refractivity contribution in [1.29, 1.82) is 0 Å². The van der Waals surface area contributed by atoms with E-state index in [9.17, 15) is 0 Å². The molecule has 2 nitrogen and oxygen atoms in total. The molecule has 1 atom stereocenters. The molecule has 0 aliphatic heterocycles. The number of nitrogens with zero attached hydrogens (tertiary/aromatic N) is 1. The Hall–Kier alpha value is -1.83. The van der Waals surface area contributed by atoms with Gasteiger partial charge in [-0.1, -0.05) is 51.1 Å². The molecule has 0 fully saturated rings. The predicted octanol–water partition coefficient (Wildman–Crippen LogP) is 4.87. The first-order valence-electron chi connectivity index (χ1n) is 7.85. The summed E-state index contributed by atoms with van der Waals surface area (Å²) in [7, 11) is 0. The molecule has 110 valence electrons. The predicted molar refractivity (Wildman–Crippen MR) is 88.7 cm³/mol. The van der Waals surface area contributed by atoms with E-state index in [2.05, 4.69) is 67.5 Å². The third-order valence-electron chi connectivity index (χ3n) is 4.32. The highest BCUT2D eigenvalue weighted by Crippen LogP contribution is 2.32. The van der Waals surface area contributed by atoms with Gasteiger partial charge >= 0.3 is 0 Å². The number of rotatable bonds is 2. The molecule has 1 aliphatic rings. The molecular formula is C19H24N2. The van der Waals surface area contributed by atoms with Gasteiger partial charge in [0.1, 0.15) is 5.82 Å². The highest BCUT2D eigenvalue weighted by Gasteiger charge is 2.20. The molecule has 2 heteroatoms. The highest BCUT2D eigenvalue weighted by molar-refractivity contribution is 5.43. The first kappa shape index (κ1) is 14.1. The minimum absolute atomic E-state index is 0.156. The van der Waals surface area contributed by atoms with E-state index in [-0.39, 0.29) is 5.41 Å². The molecule has 1 heterocycles. The normalized spacial score (nSPS) is 18.1. The van der Waals surface area contributed by atoms with E-state index < -0.39 is 0 Å². The van der Waals surface area contributed by atoms with Crippen LogP contribution in [0.5, 0.6) is 0 Å². The molecule has 1 aromatic heterocycles. The van der Waals surface area contributed by atoms with E-state index >= 15 is 0 Å². The summed E-state index contributed by atoms with van der Waals surface area (Å²) in [5.41, 5.74) is 4.35. The Balaban J connectivity index is 1.79. The van der Waals surface area contributed by atoms with Crippen molar-refractivity contribution in [3.05, 3.63) is 59.3 Å². The lowest BCUT2D eigenvalue weighted by Crippen LogP contribution is -2.18. The molecule has 1 N–H and O–H groups in total. The van der Waals surface area contributed by atoms with Crippen LogP contribution in [0.1, 0.15) is 56.3 Å². The largest absolute Gasteiger partial charge is 0.363 e. The van der Waals surface area contributed by atoms with E-state index in [1.807, 2.05) is 6.20 Å². The maximum atomic E-state index is 4.60. The zero-order valence-corrected chi connectivity index (χ0v) is 13.2. The Labute approximate surface area is 127 Å². The zero-order valence-electron chi connectivity index (χ0n) is 13.2. The first-order chi connectivity index (χ1) is 10.0. The van der Waals surface area contributed by atoms with Gasteiger partial charge in [0.2, 0.25) is 0 Å². The second-order valence-corrected chi connectivity index (χ2v) is 6.97. The molecule has 1 aliphatic carbocycles. The van der Waals surface area contributed by atoms with Crippen molar-refractivity contribution in [1.82, 2.24) is 4.98 Å². The van der Waals surface area contributed by atoms with E-state index in [0.29, 0.717) is 6.04 Å². The lowest BCUT2D eigenvalue weighted by Gasteiger charge is -2.27. The molecule has 0 saturated heterocycles. The number of pyridine rings is 1. The average molecular weight is 280 g/mol. The van der Waals surface area contributed by atoms with Gasteiger partial charge in [0.25, 0.3) is 0 Å². The Morgan fingerprint density at radius 2 is 1.90 bits per heavy atom. The van der Waals surface area contributed by atoms with Crippen molar-refractivity contribution in [2.45, 2.75) is 51.5 Å². The maximum absolute atomic E-state index is 4.60. The minimum atomic E-state index is 0.156. The summed E-state index contributed by atoms with van der Waals surface area (Å²) in [4.78, 5) is 4.60. The summed E-state index contributed by atoms with van der Waals surface area (Å²) < 4.78 is 0. The molecule has 1 unspecified atom stereocenters. The van der Waals surface area contributed by atoms with E-state index in [0.717, 1.165) is 5.82 Å². The van der Waals surface area contributed by atoms with E-state index in [1.54, 1.807) is 0 Å². The van der Waals surface area contributed by atoms with Crippen molar-refractivity contribution in [3.8, 4) is 0 Å². The van der Waals surface area contributed by atoms with Gasteiger partial charge in [0.05, 0.1) is 6.04 Å². The Bertz CT molecular complexity index is 608. The number of benzene rings is 1. The minimum Gasteiger partial charge on any atom is -0.363 e. The number of hydrogen-bond acceptors (Lipinski definition) is 2. The first-order valence-corrected chi connectivity index (χ1v) is 7.85. The Morgan fingerprint density at radius 3 is 2.62 bits per heavy atom. The summed E-state index contributed by atoms with van der Waals surface area (Å²) in [5.74, 6) is 0.977. The van der Waals surface area contributed by atoms with Gasteiger partial charge in [-0.3, -0.25) is 0 Å². The average Bonchev–Trinajstić information content (AvgIpc) is 2.47. The number of hydrogen-bond donors (Lipinski definition) is 1. The van der Waals surface area contributed by atoms with Gasteiger partial charge in [-0.15, -0.1) is 0 Å². The summed E-state index contributed by atoms with van der Waals surface area (Å²) in [6.45, 7) is 6.65. The van der Waals surface area contributed by atoms with Crippen LogP contribution in [0.2, 0.25) is 0 Å². The van der Waals surface area contributed by atoms with Crippen LogP contribution in [0.15, 0.2) is 42.6 Å². The van der Waals surface area contributed by atoms with Gasteiger partial charge in [-0.2, -0.15) is 0 Å². The van der Waals surface area contributed by atoms with Gasteiger partial charge in [0.15, 0.2) is 0 Å². The molecule has 0 radical (unpaired) electrons. The van der Waals surface area contributed by atoms with Gasteiger partial charge in [0, 0.05) is 6.20 Å². The lowest BCUT2D eigenvalue weighted by atomic mass is 9.87. The van der Waals surface area contributed by atoms with Crippen LogP contribution in [0.4, 0.5) is 5.82 Å². The summed E-state index contributed by atoms with van der Waals surface area (Å²) in [6, 6.07) is 13.5. The van der Waals surface area contributed by atoms with Crippen LogP contribution in [0.3, 0.4) is 0 Å². The molecule has 2 aromatic rings. The number of anilines is 1. The van der Waals surface area contributed by atoms with Crippen molar-refractivity contribution >= 4 is 5.82 Å². The van der Waals surface area contributed by atoms with Crippen LogP contribution in [-0.2, 0) is 11.8 Å². The molecule has 0 spiro atoms. The van der Waals surface area contributed by atoms with Crippen LogP contribution < -0.4 is 5.32 Å². The number of nitrogens with one attached hydrogen (secondary N) is 1. The smallest absolute Gasteiger partial charge is 0.126 e. The quantitative estimate of drug-likeness (QED) is 0.849. The SMILES string of the molecule is CC(C)(C)c1ccc(NC2CCCc3ccccc32)nc1. The van der Waals surface area contributed by atoms with E-state index in [1.165, 1.54) is 36.0 Å². The lowest BCUT2D eigenvalue weighted by molar-refractivity contribution is 0.585. The third kappa shape index (κ3) is 3.10. The van der Waals surface area contributed by atoms with Crippen molar-refractivity contribution in [2.75, 3.05) is 5.32 Å². The van der Waals surface area contributed by atoms with Crippen molar-refractivity contribution in [3.63, 3.8) is 0 Å². The third-order valence-corrected chi connectivity index (χ3v) is 4.32. The number of aryl methyl sites for hydroxylation is 1. The standard InChI is InChI=1S/C19H24N2/c1-19(2,3)15-11-12-18(20-13-15)21-17-10-6-8-14-7-4-5-9-16(14)17/h4-5,7,9,11-13,17H,6,8,10H2,1-3H3,(H,20,21). The maximum Gasteiger partial charge on any atom is 0.126 e. The fourth-order valence-corrected chi connectivity index (χ4v) is 3.01. The molecule has 0 saturated carbocycles. The topological polar surface area (TPSA) is 24.9 Å². The van der Waals surface area contributed by atoms with Crippen LogP contribution in [-0.4, -0.2) is 4.98 Å². The van der Waals surface area contributed by atoms with Crippen LogP contribution >= 0.6 is 0 Å². The van der Waals surface area contributed by atoms with Crippen LogP contribution in [0, 0.1) is 0 Å². The zero-order chi connectivity index (χ0) is 14.9. The molecule has 0 bridgehead atoms. The second-order valence-electron chi connectivity index (χ2n) is 6.97. The Morgan fingerprint density at radius 1 is 1.10 bits per heavy atom. The van der Waals surface area contributed by atoms with Crippen molar-refractivity contribution in [2.24, 2.45) is 0 Å². The number of fused-ring (bicyclic) bond motifs is 1. The van der Waals surface area contributed by atoms with E-state index in [4.69, 9.17) is 0 Å². The molecule has 1 aromatic carbocycles. The fraction of sp³-hybridized carbons (Fsp3) is 0.421. The monoisotopic (exact) mass is 280 g/mol. The second kappa shape index (κ2) is 5.51. The molecule has 3 rings (SSSR count). The summed E-state index contributed by atoms with van der Waals surface area (Å²) in [5, 5.41) is 3.60.